The molecule has 2 unspecified atom stereocenters. The Kier molecular flexibility index (Phi) is 2.62. The highest BCUT2D eigenvalue weighted by Gasteiger charge is 2.32. The molecule has 1 heterocycles. The second-order valence-corrected chi connectivity index (χ2v) is 4.50. The third kappa shape index (κ3) is 1.58. The number of hydrogen-bond donors (Lipinski definition) is 0. The maximum atomic E-state index is 11.2. The van der Waals surface area contributed by atoms with E-state index >= 15 is 0 Å². The van der Waals surface area contributed by atoms with Gasteiger partial charge in [-0.3, -0.25) is 4.79 Å². The van der Waals surface area contributed by atoms with Crippen LogP contribution in [0.5, 0.6) is 0 Å². The van der Waals surface area contributed by atoms with Gasteiger partial charge in [0.1, 0.15) is 0 Å². The Hall–Kier alpha value is -0.790. The predicted molar refractivity (Wildman–Crippen MR) is 56.9 cm³/mol. The predicted octanol–water partition coefficient (Wildman–Crippen LogP) is 2.50. The average molecular weight is 193 g/mol. The number of rotatable bonds is 2. The van der Waals surface area contributed by atoms with E-state index in [0.29, 0.717) is 17.9 Å². The number of carbonyl (C=O) groups is 1. The summed E-state index contributed by atoms with van der Waals surface area (Å²) >= 11 is 0. The molecule has 0 bridgehead atoms. The standard InChI is InChI=1S/C12H19NO/c1-3-10-5-4-9(2)13(10)11-6-7-12(14)8-11/h8-10H,3-7H2,1-2H3. The first kappa shape index (κ1) is 9.75. The first-order chi connectivity index (χ1) is 6.72. The highest BCUT2D eigenvalue weighted by Crippen LogP contribution is 2.33. The molecule has 0 amide bonds. The summed E-state index contributed by atoms with van der Waals surface area (Å²) < 4.78 is 0. The van der Waals surface area contributed by atoms with E-state index in [0.717, 1.165) is 12.8 Å². The van der Waals surface area contributed by atoms with Crippen molar-refractivity contribution in [2.45, 2.75) is 58.0 Å². The molecule has 0 aromatic heterocycles. The zero-order valence-electron chi connectivity index (χ0n) is 9.12. The van der Waals surface area contributed by atoms with Crippen molar-refractivity contribution in [3.63, 3.8) is 0 Å². The number of likely N-dealkylation sites (tertiary alicyclic amines) is 1. The van der Waals surface area contributed by atoms with Gasteiger partial charge in [-0.2, -0.15) is 0 Å². The molecule has 1 aliphatic carbocycles. The molecule has 0 aromatic rings. The van der Waals surface area contributed by atoms with Gasteiger partial charge in [0.2, 0.25) is 0 Å². The van der Waals surface area contributed by atoms with E-state index in [1.54, 1.807) is 0 Å². The van der Waals surface area contributed by atoms with E-state index < -0.39 is 0 Å². The first-order valence-electron chi connectivity index (χ1n) is 5.74. The first-order valence-corrected chi connectivity index (χ1v) is 5.74. The summed E-state index contributed by atoms with van der Waals surface area (Å²) in [7, 11) is 0. The molecule has 0 aromatic carbocycles. The van der Waals surface area contributed by atoms with Crippen molar-refractivity contribution < 1.29 is 4.79 Å². The fourth-order valence-corrected chi connectivity index (χ4v) is 2.78. The summed E-state index contributed by atoms with van der Waals surface area (Å²) in [6.07, 6.45) is 7.35. The second kappa shape index (κ2) is 3.76. The highest BCUT2D eigenvalue weighted by molar-refractivity contribution is 5.92. The van der Waals surface area contributed by atoms with Crippen molar-refractivity contribution in [2.24, 2.45) is 0 Å². The SMILES string of the molecule is CCC1CCC(C)N1C1=CC(=O)CC1. The van der Waals surface area contributed by atoms with Crippen molar-refractivity contribution in [2.75, 3.05) is 0 Å². The van der Waals surface area contributed by atoms with E-state index in [1.807, 2.05) is 6.08 Å². The molecule has 1 fully saturated rings. The van der Waals surface area contributed by atoms with Gasteiger partial charge in [0.25, 0.3) is 0 Å². The molecule has 0 spiro atoms. The average Bonchev–Trinajstić information content (AvgIpc) is 2.71. The van der Waals surface area contributed by atoms with Crippen LogP contribution in [0.4, 0.5) is 0 Å². The molecular formula is C12H19NO. The van der Waals surface area contributed by atoms with Gasteiger partial charge in [0, 0.05) is 30.3 Å². The van der Waals surface area contributed by atoms with Crippen molar-refractivity contribution in [1.29, 1.82) is 0 Å². The van der Waals surface area contributed by atoms with Crippen molar-refractivity contribution in [1.82, 2.24) is 4.90 Å². The van der Waals surface area contributed by atoms with Gasteiger partial charge in [-0.1, -0.05) is 6.92 Å². The van der Waals surface area contributed by atoms with Crippen LogP contribution >= 0.6 is 0 Å². The number of hydrogen-bond acceptors (Lipinski definition) is 2. The summed E-state index contributed by atoms with van der Waals surface area (Å²) in [5, 5.41) is 0. The third-order valence-electron chi connectivity index (χ3n) is 3.54. The lowest BCUT2D eigenvalue weighted by atomic mass is 10.1. The topological polar surface area (TPSA) is 20.3 Å². The van der Waals surface area contributed by atoms with Crippen LogP contribution in [-0.4, -0.2) is 22.8 Å². The van der Waals surface area contributed by atoms with Crippen LogP contribution in [0.15, 0.2) is 11.8 Å². The van der Waals surface area contributed by atoms with Crippen molar-refractivity contribution in [3.8, 4) is 0 Å². The molecule has 2 nitrogen and oxygen atoms in total. The molecule has 2 atom stereocenters. The van der Waals surface area contributed by atoms with Crippen molar-refractivity contribution >= 4 is 5.78 Å². The Morgan fingerprint density at radius 2 is 2.21 bits per heavy atom. The summed E-state index contributed by atoms with van der Waals surface area (Å²) in [6, 6.07) is 1.32. The Bertz CT molecular complexity index is 269. The van der Waals surface area contributed by atoms with Crippen LogP contribution in [0, 0.1) is 0 Å². The number of ketones is 1. The zero-order valence-corrected chi connectivity index (χ0v) is 9.12. The number of allylic oxidation sites excluding steroid dienone is 2. The van der Waals surface area contributed by atoms with Gasteiger partial charge < -0.3 is 4.90 Å². The van der Waals surface area contributed by atoms with Gasteiger partial charge >= 0.3 is 0 Å². The molecule has 2 heteroatoms. The largest absolute Gasteiger partial charge is 0.369 e. The Morgan fingerprint density at radius 3 is 2.79 bits per heavy atom. The fraction of sp³-hybridized carbons (Fsp3) is 0.750. The molecule has 0 N–H and O–H groups in total. The molecule has 0 saturated carbocycles. The summed E-state index contributed by atoms with van der Waals surface area (Å²) in [6.45, 7) is 4.52. The molecule has 1 aliphatic heterocycles. The monoisotopic (exact) mass is 193 g/mol. The van der Waals surface area contributed by atoms with Gasteiger partial charge in [0.05, 0.1) is 0 Å². The van der Waals surface area contributed by atoms with E-state index in [2.05, 4.69) is 18.7 Å². The molecular weight excluding hydrogens is 174 g/mol. The summed E-state index contributed by atoms with van der Waals surface area (Å²) in [5.41, 5.74) is 1.30. The number of carbonyl (C=O) groups excluding carboxylic acids is 1. The Labute approximate surface area is 86.0 Å². The molecule has 2 rings (SSSR count). The van der Waals surface area contributed by atoms with Gasteiger partial charge in [-0.05, 0) is 32.6 Å². The molecule has 2 aliphatic rings. The van der Waals surface area contributed by atoms with Crippen LogP contribution in [0.25, 0.3) is 0 Å². The van der Waals surface area contributed by atoms with Crippen LogP contribution in [-0.2, 0) is 4.79 Å². The minimum atomic E-state index is 0.314. The van der Waals surface area contributed by atoms with Gasteiger partial charge in [-0.15, -0.1) is 0 Å². The lowest BCUT2D eigenvalue weighted by molar-refractivity contribution is -0.114. The molecule has 1 saturated heterocycles. The Morgan fingerprint density at radius 1 is 1.43 bits per heavy atom. The summed E-state index contributed by atoms with van der Waals surface area (Å²) in [4.78, 5) is 13.7. The van der Waals surface area contributed by atoms with Crippen LogP contribution in [0.2, 0.25) is 0 Å². The van der Waals surface area contributed by atoms with E-state index in [1.165, 1.54) is 25.0 Å². The van der Waals surface area contributed by atoms with Crippen molar-refractivity contribution in [3.05, 3.63) is 11.8 Å². The van der Waals surface area contributed by atoms with Crippen LogP contribution in [0.3, 0.4) is 0 Å². The van der Waals surface area contributed by atoms with Crippen LogP contribution < -0.4 is 0 Å². The van der Waals surface area contributed by atoms with E-state index in [-0.39, 0.29) is 0 Å². The minimum Gasteiger partial charge on any atom is -0.369 e. The fourth-order valence-electron chi connectivity index (χ4n) is 2.78. The van der Waals surface area contributed by atoms with Gasteiger partial charge in [-0.25, -0.2) is 0 Å². The second-order valence-electron chi connectivity index (χ2n) is 4.50. The highest BCUT2D eigenvalue weighted by atomic mass is 16.1. The maximum absolute atomic E-state index is 11.2. The van der Waals surface area contributed by atoms with E-state index in [4.69, 9.17) is 0 Å². The quantitative estimate of drug-likeness (QED) is 0.671. The molecule has 0 radical (unpaired) electrons. The normalized spacial score (nSPS) is 32.6. The molecule has 14 heavy (non-hydrogen) atoms. The number of nitrogens with zero attached hydrogens (tertiary/aromatic N) is 1. The van der Waals surface area contributed by atoms with Crippen LogP contribution in [0.1, 0.15) is 46.0 Å². The lowest BCUT2D eigenvalue weighted by Gasteiger charge is -2.31. The molecule has 78 valence electrons. The van der Waals surface area contributed by atoms with E-state index in [9.17, 15) is 4.79 Å². The maximum Gasteiger partial charge on any atom is 0.157 e. The third-order valence-corrected chi connectivity index (χ3v) is 3.54. The lowest BCUT2D eigenvalue weighted by Crippen LogP contribution is -2.32. The summed E-state index contributed by atoms with van der Waals surface area (Å²) in [5.74, 6) is 0.314. The van der Waals surface area contributed by atoms with Gasteiger partial charge in [0.15, 0.2) is 5.78 Å². The zero-order chi connectivity index (χ0) is 10.1. The smallest absolute Gasteiger partial charge is 0.157 e. The Balaban J connectivity index is 2.15. The minimum absolute atomic E-state index is 0.314.